The molecule has 0 aromatic carbocycles. The fraction of sp³-hybridized carbons (Fsp3) is 1.00. The number of hydrogen-bond donors (Lipinski definition) is 0. The van der Waals surface area contributed by atoms with Crippen molar-refractivity contribution in [2.24, 2.45) is 0 Å². The summed E-state index contributed by atoms with van der Waals surface area (Å²) < 4.78 is 17.9. The fourth-order valence-electron chi connectivity index (χ4n) is 3.96. The summed E-state index contributed by atoms with van der Waals surface area (Å²) in [5, 5.41) is 0. The lowest BCUT2D eigenvalue weighted by atomic mass is 10.2. The largest absolute Gasteiger partial charge is 0.376 e. The van der Waals surface area contributed by atoms with Gasteiger partial charge in [-0.1, -0.05) is 13.8 Å². The first-order valence-corrected chi connectivity index (χ1v) is 10.6. The maximum Gasteiger partial charge on any atom is 0.0860 e. The van der Waals surface area contributed by atoms with Crippen molar-refractivity contribution in [1.82, 2.24) is 19.6 Å². The molecule has 0 aromatic rings. The van der Waals surface area contributed by atoms with E-state index < -0.39 is 0 Å². The summed E-state index contributed by atoms with van der Waals surface area (Å²) in [6.07, 6.45) is 3.40. The first-order chi connectivity index (χ1) is 13.0. The van der Waals surface area contributed by atoms with Crippen molar-refractivity contribution < 1.29 is 14.2 Å². The third-order valence-electron chi connectivity index (χ3n) is 5.82. The molecule has 4 unspecified atom stereocenters. The minimum absolute atomic E-state index is 0.291. The van der Waals surface area contributed by atoms with Gasteiger partial charge in [-0.25, -0.2) is 0 Å². The highest BCUT2D eigenvalue weighted by molar-refractivity contribution is 4.79. The van der Waals surface area contributed by atoms with Crippen molar-refractivity contribution in [3.8, 4) is 0 Å². The molecule has 7 nitrogen and oxygen atoms in total. The van der Waals surface area contributed by atoms with E-state index in [0.29, 0.717) is 24.5 Å². The average molecular weight is 387 g/mol. The highest BCUT2D eigenvalue weighted by atomic mass is 16.5. The number of likely N-dealkylation sites (N-methyl/N-ethyl adjacent to an activating group) is 2. The van der Waals surface area contributed by atoms with Crippen LogP contribution in [0.25, 0.3) is 0 Å². The van der Waals surface area contributed by atoms with Gasteiger partial charge in [-0.05, 0) is 41.0 Å². The lowest BCUT2D eigenvalue weighted by Crippen LogP contribution is -2.56. The van der Waals surface area contributed by atoms with Gasteiger partial charge < -0.3 is 14.2 Å². The van der Waals surface area contributed by atoms with Crippen LogP contribution in [0.2, 0.25) is 0 Å². The lowest BCUT2D eigenvalue weighted by molar-refractivity contribution is -0.109. The minimum atomic E-state index is 0.291. The molecule has 4 atom stereocenters. The zero-order valence-electron chi connectivity index (χ0n) is 18.4. The molecular formula is C20H42N4O3. The van der Waals surface area contributed by atoms with Crippen molar-refractivity contribution >= 4 is 0 Å². The van der Waals surface area contributed by atoms with Gasteiger partial charge in [-0.15, -0.1) is 0 Å². The molecule has 0 bridgehead atoms. The van der Waals surface area contributed by atoms with E-state index in [1.807, 2.05) is 0 Å². The van der Waals surface area contributed by atoms with Crippen LogP contribution in [-0.4, -0.2) is 125 Å². The van der Waals surface area contributed by atoms with Gasteiger partial charge >= 0.3 is 0 Å². The van der Waals surface area contributed by atoms with Gasteiger partial charge in [0.1, 0.15) is 0 Å². The lowest BCUT2D eigenvalue weighted by Gasteiger charge is -2.42. The predicted octanol–water partition coefficient (Wildman–Crippen LogP) is 1.00. The Bertz CT molecular complexity index is 375. The second-order valence-corrected chi connectivity index (χ2v) is 8.22. The quantitative estimate of drug-likeness (QED) is 0.555. The van der Waals surface area contributed by atoms with Gasteiger partial charge in [0, 0.05) is 26.2 Å². The SMILES string of the molecule is CCC1CN(C(COCC(N(C)C)N2CCOC(CC)C2)N(C)C)CCO1. The highest BCUT2D eigenvalue weighted by Gasteiger charge is 2.30. The molecule has 2 saturated heterocycles. The summed E-state index contributed by atoms with van der Waals surface area (Å²) in [4.78, 5) is 9.55. The predicted molar refractivity (Wildman–Crippen MR) is 109 cm³/mol. The topological polar surface area (TPSA) is 40.7 Å². The monoisotopic (exact) mass is 386 g/mol. The second kappa shape index (κ2) is 11.7. The van der Waals surface area contributed by atoms with Gasteiger partial charge in [0.15, 0.2) is 0 Å². The van der Waals surface area contributed by atoms with Gasteiger partial charge in [-0.2, -0.15) is 0 Å². The van der Waals surface area contributed by atoms with Crippen molar-refractivity contribution in [2.45, 2.75) is 51.2 Å². The molecule has 27 heavy (non-hydrogen) atoms. The van der Waals surface area contributed by atoms with Crippen LogP contribution in [0.15, 0.2) is 0 Å². The Morgan fingerprint density at radius 1 is 0.815 bits per heavy atom. The van der Waals surface area contributed by atoms with Gasteiger partial charge in [0.25, 0.3) is 0 Å². The molecule has 7 heteroatoms. The molecule has 0 aliphatic carbocycles. The fourth-order valence-corrected chi connectivity index (χ4v) is 3.96. The van der Waals surface area contributed by atoms with E-state index in [4.69, 9.17) is 14.2 Å². The molecule has 0 amide bonds. The third kappa shape index (κ3) is 6.92. The molecule has 160 valence electrons. The van der Waals surface area contributed by atoms with Gasteiger partial charge in [0.05, 0.1) is 51.0 Å². The number of rotatable bonds is 10. The number of morpholine rings is 2. The van der Waals surface area contributed by atoms with Gasteiger partial charge in [0.2, 0.25) is 0 Å². The molecule has 0 radical (unpaired) electrons. The summed E-state index contributed by atoms with van der Waals surface area (Å²) >= 11 is 0. The molecule has 2 fully saturated rings. The second-order valence-electron chi connectivity index (χ2n) is 8.22. The van der Waals surface area contributed by atoms with Crippen LogP contribution in [0.4, 0.5) is 0 Å². The van der Waals surface area contributed by atoms with Crippen LogP contribution in [0.3, 0.4) is 0 Å². The standard InChI is InChI=1S/C20H42N4O3/c1-7-17-13-23(9-11-26-17)19(21(3)4)15-25-16-20(22(5)6)24-10-12-27-18(8-2)14-24/h17-20H,7-16H2,1-6H3. The Morgan fingerprint density at radius 2 is 1.22 bits per heavy atom. The van der Waals surface area contributed by atoms with E-state index in [1.165, 1.54) is 0 Å². The minimum Gasteiger partial charge on any atom is -0.376 e. The smallest absolute Gasteiger partial charge is 0.0860 e. The molecule has 2 rings (SSSR count). The maximum atomic E-state index is 6.28. The molecule has 0 saturated carbocycles. The zero-order chi connectivity index (χ0) is 19.8. The van der Waals surface area contributed by atoms with Gasteiger partial charge in [-0.3, -0.25) is 19.6 Å². The third-order valence-corrected chi connectivity index (χ3v) is 5.82. The number of hydrogen-bond acceptors (Lipinski definition) is 7. The van der Waals surface area contributed by atoms with E-state index in [1.54, 1.807) is 0 Å². The van der Waals surface area contributed by atoms with Crippen molar-refractivity contribution in [3.63, 3.8) is 0 Å². The Labute approximate surface area is 166 Å². The van der Waals surface area contributed by atoms with E-state index in [2.05, 4.69) is 61.6 Å². The Kier molecular flexibility index (Phi) is 9.93. The summed E-state index contributed by atoms with van der Waals surface area (Å²) in [5.74, 6) is 0. The Hall–Kier alpha value is -0.280. The van der Waals surface area contributed by atoms with Crippen LogP contribution in [-0.2, 0) is 14.2 Å². The Morgan fingerprint density at radius 3 is 1.56 bits per heavy atom. The van der Waals surface area contributed by atoms with Crippen LogP contribution in [0.5, 0.6) is 0 Å². The summed E-state index contributed by atoms with van der Waals surface area (Å²) in [7, 11) is 8.56. The molecule has 2 aliphatic heterocycles. The molecule has 2 aliphatic rings. The van der Waals surface area contributed by atoms with Crippen LogP contribution < -0.4 is 0 Å². The molecule has 0 aromatic heterocycles. The van der Waals surface area contributed by atoms with Crippen LogP contribution >= 0.6 is 0 Å². The van der Waals surface area contributed by atoms with E-state index >= 15 is 0 Å². The van der Waals surface area contributed by atoms with Crippen molar-refractivity contribution in [2.75, 3.05) is 80.8 Å². The van der Waals surface area contributed by atoms with E-state index in [0.717, 1.165) is 65.4 Å². The summed E-state index contributed by atoms with van der Waals surface area (Å²) in [6.45, 7) is 11.4. The van der Waals surface area contributed by atoms with Crippen LogP contribution in [0.1, 0.15) is 26.7 Å². The first-order valence-electron chi connectivity index (χ1n) is 10.6. The van der Waals surface area contributed by atoms with Crippen molar-refractivity contribution in [1.29, 1.82) is 0 Å². The molecular weight excluding hydrogens is 344 g/mol. The summed E-state index contributed by atoms with van der Waals surface area (Å²) in [5.41, 5.74) is 0. The molecule has 2 heterocycles. The first kappa shape index (κ1) is 23.0. The van der Waals surface area contributed by atoms with E-state index in [9.17, 15) is 0 Å². The van der Waals surface area contributed by atoms with Crippen molar-refractivity contribution in [3.05, 3.63) is 0 Å². The number of ether oxygens (including phenoxy) is 3. The number of nitrogens with zero attached hydrogens (tertiary/aromatic N) is 4. The maximum absolute atomic E-state index is 6.28. The highest BCUT2D eigenvalue weighted by Crippen LogP contribution is 2.16. The van der Waals surface area contributed by atoms with Crippen LogP contribution in [0, 0.1) is 0 Å². The normalized spacial score (nSPS) is 28.0. The zero-order valence-corrected chi connectivity index (χ0v) is 18.4. The summed E-state index contributed by atoms with van der Waals surface area (Å²) in [6, 6.07) is 0. The average Bonchev–Trinajstić information content (AvgIpc) is 2.67. The van der Waals surface area contributed by atoms with E-state index in [-0.39, 0.29) is 0 Å². The Balaban J connectivity index is 1.87. The molecule has 0 N–H and O–H groups in total. The molecule has 0 spiro atoms.